The van der Waals surface area contributed by atoms with Crippen LogP contribution in [0.15, 0.2) is 72.0 Å². The molecular weight excluding hydrogens is 296 g/mol. The van der Waals surface area contributed by atoms with E-state index < -0.39 is 0 Å². The van der Waals surface area contributed by atoms with E-state index in [4.69, 9.17) is 11.6 Å². The Morgan fingerprint density at radius 3 is 2.59 bits per heavy atom. The number of hydrogen-bond acceptors (Lipinski definition) is 3. The van der Waals surface area contributed by atoms with Gasteiger partial charge in [0, 0.05) is 27.9 Å². The van der Waals surface area contributed by atoms with E-state index in [1.54, 1.807) is 6.20 Å². The predicted molar refractivity (Wildman–Crippen MR) is 89.6 cm³/mol. The Morgan fingerprint density at radius 1 is 0.955 bits per heavy atom. The lowest BCUT2D eigenvalue weighted by Crippen LogP contribution is -1.92. The van der Waals surface area contributed by atoms with Gasteiger partial charge in [-0.1, -0.05) is 59.2 Å². The summed E-state index contributed by atoms with van der Waals surface area (Å²) < 4.78 is 0. The molecule has 3 aromatic rings. The zero-order chi connectivity index (χ0) is 15.4. The minimum Gasteiger partial charge on any atom is -0.256 e. The van der Waals surface area contributed by atoms with Gasteiger partial charge in [-0.15, -0.1) is 0 Å². The highest BCUT2D eigenvalue weighted by atomic mass is 35.5. The van der Waals surface area contributed by atoms with Gasteiger partial charge < -0.3 is 0 Å². The van der Waals surface area contributed by atoms with Gasteiger partial charge in [-0.25, -0.2) is 0 Å². The van der Waals surface area contributed by atoms with E-state index >= 15 is 0 Å². The first-order valence-corrected chi connectivity index (χ1v) is 7.26. The lowest BCUT2D eigenvalue weighted by atomic mass is 9.99. The highest BCUT2D eigenvalue weighted by Crippen LogP contribution is 2.31. The number of nitroso groups, excluding NO2 is 1. The number of hydrogen-bond donors (Lipinski definition) is 0. The summed E-state index contributed by atoms with van der Waals surface area (Å²) >= 11 is 6.27. The van der Waals surface area contributed by atoms with Crippen LogP contribution in [-0.2, 0) is 6.54 Å². The number of aromatic nitrogens is 1. The standard InChI is InChI=1S/C18H13ClN2O/c19-17-9-2-1-8-16(17)13-5-3-6-14(11-13)18-15(12-21-22)7-4-10-20-18/h1-11H,12H2. The summed E-state index contributed by atoms with van der Waals surface area (Å²) in [6, 6.07) is 19.3. The molecule has 0 saturated carbocycles. The molecule has 108 valence electrons. The third-order valence-electron chi connectivity index (χ3n) is 3.45. The smallest absolute Gasteiger partial charge is 0.108 e. The second-order valence-corrected chi connectivity index (χ2v) is 5.27. The van der Waals surface area contributed by atoms with E-state index in [1.165, 1.54) is 0 Å². The maximum absolute atomic E-state index is 10.6. The molecule has 0 spiro atoms. The van der Waals surface area contributed by atoms with Gasteiger partial charge in [0.25, 0.3) is 0 Å². The zero-order valence-electron chi connectivity index (χ0n) is 11.7. The van der Waals surface area contributed by atoms with Crippen LogP contribution in [0, 0.1) is 4.91 Å². The Morgan fingerprint density at radius 2 is 1.77 bits per heavy atom. The Bertz CT molecular complexity index is 817. The first kappa shape index (κ1) is 14.4. The van der Waals surface area contributed by atoms with Crippen LogP contribution in [-0.4, -0.2) is 4.98 Å². The fourth-order valence-electron chi connectivity index (χ4n) is 2.43. The van der Waals surface area contributed by atoms with Gasteiger partial charge in [0.15, 0.2) is 0 Å². The Kier molecular flexibility index (Phi) is 4.26. The van der Waals surface area contributed by atoms with E-state index in [-0.39, 0.29) is 6.54 Å². The zero-order valence-corrected chi connectivity index (χ0v) is 12.5. The second-order valence-electron chi connectivity index (χ2n) is 4.86. The molecule has 0 aliphatic carbocycles. The first-order chi connectivity index (χ1) is 10.8. The molecule has 0 radical (unpaired) electrons. The molecule has 0 N–H and O–H groups in total. The summed E-state index contributed by atoms with van der Waals surface area (Å²) in [6.45, 7) is 0.111. The third-order valence-corrected chi connectivity index (χ3v) is 3.78. The van der Waals surface area contributed by atoms with E-state index in [9.17, 15) is 4.91 Å². The van der Waals surface area contributed by atoms with Crippen LogP contribution in [0.1, 0.15) is 5.56 Å². The van der Waals surface area contributed by atoms with Crippen molar-refractivity contribution in [3.8, 4) is 22.4 Å². The van der Waals surface area contributed by atoms with Crippen LogP contribution in [0.4, 0.5) is 0 Å². The van der Waals surface area contributed by atoms with Crippen molar-refractivity contribution in [3.63, 3.8) is 0 Å². The lowest BCUT2D eigenvalue weighted by Gasteiger charge is -2.09. The van der Waals surface area contributed by atoms with Gasteiger partial charge in [-0.05, 0) is 23.8 Å². The van der Waals surface area contributed by atoms with Crippen molar-refractivity contribution in [1.82, 2.24) is 4.98 Å². The summed E-state index contributed by atoms with van der Waals surface area (Å²) in [7, 11) is 0. The molecule has 0 amide bonds. The Hall–Kier alpha value is -2.52. The molecule has 0 bridgehead atoms. The molecule has 0 atom stereocenters. The summed E-state index contributed by atoms with van der Waals surface area (Å²) in [6.07, 6.45) is 1.71. The molecule has 0 saturated heterocycles. The molecule has 3 nitrogen and oxygen atoms in total. The van der Waals surface area contributed by atoms with Crippen molar-refractivity contribution >= 4 is 11.6 Å². The minimum absolute atomic E-state index is 0.111. The van der Waals surface area contributed by atoms with Crippen molar-refractivity contribution in [2.45, 2.75) is 6.54 Å². The Balaban J connectivity index is 2.09. The molecule has 2 aromatic carbocycles. The Labute approximate surface area is 133 Å². The SMILES string of the molecule is O=NCc1cccnc1-c1cccc(-c2ccccc2Cl)c1. The largest absolute Gasteiger partial charge is 0.256 e. The van der Waals surface area contributed by atoms with Crippen LogP contribution >= 0.6 is 11.6 Å². The van der Waals surface area contributed by atoms with Crippen molar-refractivity contribution in [2.24, 2.45) is 5.18 Å². The van der Waals surface area contributed by atoms with Gasteiger partial charge in [-0.2, -0.15) is 4.91 Å². The molecule has 1 aromatic heterocycles. The number of rotatable bonds is 4. The maximum Gasteiger partial charge on any atom is 0.108 e. The monoisotopic (exact) mass is 308 g/mol. The minimum atomic E-state index is 0.111. The van der Waals surface area contributed by atoms with Gasteiger partial charge in [-0.3, -0.25) is 4.98 Å². The highest BCUT2D eigenvalue weighted by Gasteiger charge is 2.09. The van der Waals surface area contributed by atoms with Crippen LogP contribution in [0.2, 0.25) is 5.02 Å². The van der Waals surface area contributed by atoms with E-state index in [0.29, 0.717) is 5.02 Å². The quantitative estimate of drug-likeness (QED) is 0.611. The summed E-state index contributed by atoms with van der Waals surface area (Å²) in [4.78, 5) is 15.0. The van der Waals surface area contributed by atoms with Gasteiger partial charge >= 0.3 is 0 Å². The van der Waals surface area contributed by atoms with Crippen molar-refractivity contribution < 1.29 is 0 Å². The number of halogens is 1. The molecule has 1 heterocycles. The number of pyridine rings is 1. The van der Waals surface area contributed by atoms with Gasteiger partial charge in [0.1, 0.15) is 6.54 Å². The average Bonchev–Trinajstić information content (AvgIpc) is 2.56. The van der Waals surface area contributed by atoms with E-state index in [1.807, 2.05) is 60.7 Å². The summed E-state index contributed by atoms with van der Waals surface area (Å²) in [5.41, 5.74) is 4.51. The molecular formula is C18H13ClN2O. The number of benzene rings is 2. The van der Waals surface area contributed by atoms with Gasteiger partial charge in [0.05, 0.1) is 5.69 Å². The molecule has 4 heteroatoms. The molecule has 0 unspecified atom stereocenters. The van der Waals surface area contributed by atoms with Crippen molar-refractivity contribution in [3.05, 3.63) is 82.4 Å². The summed E-state index contributed by atoms with van der Waals surface area (Å²) in [5, 5.41) is 3.68. The molecule has 3 rings (SSSR count). The van der Waals surface area contributed by atoms with Gasteiger partial charge in [0.2, 0.25) is 0 Å². The maximum atomic E-state index is 10.6. The summed E-state index contributed by atoms with van der Waals surface area (Å²) in [5.74, 6) is 0. The molecule has 0 fully saturated rings. The van der Waals surface area contributed by atoms with Crippen molar-refractivity contribution in [1.29, 1.82) is 0 Å². The predicted octanol–water partition coefficient (Wildman–Crippen LogP) is 5.34. The normalized spacial score (nSPS) is 10.4. The van der Waals surface area contributed by atoms with Crippen LogP contribution in [0.25, 0.3) is 22.4 Å². The van der Waals surface area contributed by atoms with Crippen LogP contribution in [0.5, 0.6) is 0 Å². The highest BCUT2D eigenvalue weighted by molar-refractivity contribution is 6.33. The molecule has 0 aliphatic rings. The second kappa shape index (κ2) is 6.50. The third kappa shape index (κ3) is 2.90. The van der Waals surface area contributed by atoms with E-state index in [0.717, 1.165) is 27.9 Å². The first-order valence-electron chi connectivity index (χ1n) is 6.88. The number of nitrogens with zero attached hydrogens (tertiary/aromatic N) is 2. The van der Waals surface area contributed by atoms with Crippen LogP contribution < -0.4 is 0 Å². The molecule has 0 aliphatic heterocycles. The van der Waals surface area contributed by atoms with Crippen molar-refractivity contribution in [2.75, 3.05) is 0 Å². The fraction of sp³-hybridized carbons (Fsp3) is 0.0556. The molecule has 22 heavy (non-hydrogen) atoms. The van der Waals surface area contributed by atoms with E-state index in [2.05, 4.69) is 10.2 Å². The fourth-order valence-corrected chi connectivity index (χ4v) is 2.67. The topological polar surface area (TPSA) is 42.3 Å². The van der Waals surface area contributed by atoms with Crippen LogP contribution in [0.3, 0.4) is 0 Å². The average molecular weight is 309 g/mol. The lowest BCUT2D eigenvalue weighted by molar-refractivity contribution is 1.04.